The zero-order chi connectivity index (χ0) is 16.1. The maximum absolute atomic E-state index is 12.0. The first-order valence-corrected chi connectivity index (χ1v) is 7.58. The van der Waals surface area contributed by atoms with E-state index in [2.05, 4.69) is 15.7 Å². The fourth-order valence-electron chi connectivity index (χ4n) is 2.55. The molecule has 2 N–H and O–H groups in total. The molecule has 0 radical (unpaired) electrons. The Morgan fingerprint density at radius 1 is 1.30 bits per heavy atom. The number of nitrogens with zero attached hydrogens (tertiary/aromatic N) is 2. The third-order valence-corrected chi connectivity index (χ3v) is 3.75. The van der Waals surface area contributed by atoms with Crippen LogP contribution in [0.4, 0.5) is 16.2 Å². The van der Waals surface area contributed by atoms with Gasteiger partial charge in [-0.05, 0) is 25.0 Å². The van der Waals surface area contributed by atoms with Gasteiger partial charge in [-0.1, -0.05) is 6.07 Å². The number of aromatic nitrogens is 2. The van der Waals surface area contributed by atoms with Gasteiger partial charge in [0.25, 0.3) is 0 Å². The van der Waals surface area contributed by atoms with Crippen molar-refractivity contribution in [3.63, 3.8) is 0 Å². The molecule has 1 aliphatic rings. The second kappa shape index (κ2) is 7.15. The SMILES string of the molecule is COc1cccc(NC(=O)Nc2cnn(C3CCOCC3)c2)c1. The number of nitrogens with one attached hydrogen (secondary N) is 2. The molecule has 2 heterocycles. The first-order chi connectivity index (χ1) is 11.2. The van der Waals surface area contributed by atoms with Gasteiger partial charge in [0.15, 0.2) is 0 Å². The molecule has 1 fully saturated rings. The molecule has 0 atom stereocenters. The Labute approximate surface area is 134 Å². The molecule has 0 aliphatic carbocycles. The molecule has 0 bridgehead atoms. The van der Waals surface area contributed by atoms with Crippen LogP contribution >= 0.6 is 0 Å². The summed E-state index contributed by atoms with van der Waals surface area (Å²) in [5.41, 5.74) is 1.33. The predicted molar refractivity (Wildman–Crippen MR) is 87.0 cm³/mol. The molecule has 0 saturated carbocycles. The fourth-order valence-corrected chi connectivity index (χ4v) is 2.55. The summed E-state index contributed by atoms with van der Waals surface area (Å²) in [7, 11) is 1.59. The fraction of sp³-hybridized carbons (Fsp3) is 0.375. The van der Waals surface area contributed by atoms with Crippen molar-refractivity contribution in [2.75, 3.05) is 31.0 Å². The van der Waals surface area contributed by atoms with Gasteiger partial charge in [0.05, 0.1) is 25.0 Å². The molecule has 1 aromatic heterocycles. The van der Waals surface area contributed by atoms with Crippen molar-refractivity contribution in [3.8, 4) is 5.75 Å². The Kier molecular flexibility index (Phi) is 4.77. The molecule has 1 aromatic carbocycles. The van der Waals surface area contributed by atoms with E-state index in [1.54, 1.807) is 25.4 Å². The van der Waals surface area contributed by atoms with E-state index < -0.39 is 0 Å². The van der Waals surface area contributed by atoms with Crippen molar-refractivity contribution in [2.24, 2.45) is 0 Å². The third-order valence-electron chi connectivity index (χ3n) is 3.75. The van der Waals surface area contributed by atoms with Crippen LogP contribution < -0.4 is 15.4 Å². The van der Waals surface area contributed by atoms with Crippen molar-refractivity contribution >= 4 is 17.4 Å². The van der Waals surface area contributed by atoms with Gasteiger partial charge in [-0.25, -0.2) is 4.79 Å². The number of carbonyl (C=O) groups excluding carboxylic acids is 1. The van der Waals surface area contributed by atoms with E-state index in [1.807, 2.05) is 23.0 Å². The zero-order valence-corrected chi connectivity index (χ0v) is 13.0. The third kappa shape index (κ3) is 4.01. The van der Waals surface area contributed by atoms with Gasteiger partial charge in [0.1, 0.15) is 5.75 Å². The monoisotopic (exact) mass is 316 g/mol. The van der Waals surface area contributed by atoms with Crippen LogP contribution in [-0.2, 0) is 4.74 Å². The highest BCUT2D eigenvalue weighted by atomic mass is 16.5. The van der Waals surface area contributed by atoms with Crippen LogP contribution in [0.25, 0.3) is 0 Å². The largest absolute Gasteiger partial charge is 0.497 e. The van der Waals surface area contributed by atoms with Crippen molar-refractivity contribution in [2.45, 2.75) is 18.9 Å². The maximum atomic E-state index is 12.0. The van der Waals surface area contributed by atoms with Crippen LogP contribution in [0.3, 0.4) is 0 Å². The van der Waals surface area contributed by atoms with Gasteiger partial charge < -0.3 is 20.1 Å². The lowest BCUT2D eigenvalue weighted by Crippen LogP contribution is -2.20. The number of urea groups is 1. The number of benzene rings is 1. The molecule has 7 nitrogen and oxygen atoms in total. The molecule has 122 valence electrons. The average Bonchev–Trinajstić information content (AvgIpc) is 3.04. The second-order valence-corrected chi connectivity index (χ2v) is 5.36. The number of ether oxygens (including phenoxy) is 2. The smallest absolute Gasteiger partial charge is 0.323 e. The first-order valence-electron chi connectivity index (χ1n) is 7.58. The van der Waals surface area contributed by atoms with Crippen molar-refractivity contribution in [1.29, 1.82) is 0 Å². The number of carbonyl (C=O) groups is 1. The first kappa shape index (κ1) is 15.4. The van der Waals surface area contributed by atoms with E-state index in [-0.39, 0.29) is 6.03 Å². The van der Waals surface area contributed by atoms with Gasteiger partial charge in [-0.15, -0.1) is 0 Å². The van der Waals surface area contributed by atoms with E-state index in [0.29, 0.717) is 23.2 Å². The summed E-state index contributed by atoms with van der Waals surface area (Å²) in [6, 6.07) is 7.21. The summed E-state index contributed by atoms with van der Waals surface area (Å²) >= 11 is 0. The summed E-state index contributed by atoms with van der Waals surface area (Å²) in [5, 5.41) is 9.87. The van der Waals surface area contributed by atoms with Gasteiger partial charge in [0.2, 0.25) is 0 Å². The molecule has 2 amide bonds. The quantitative estimate of drug-likeness (QED) is 0.909. The van der Waals surface area contributed by atoms with Crippen LogP contribution in [-0.4, -0.2) is 36.1 Å². The van der Waals surface area contributed by atoms with Crippen molar-refractivity contribution < 1.29 is 14.3 Å². The molecule has 1 saturated heterocycles. The van der Waals surface area contributed by atoms with Crippen LogP contribution in [0, 0.1) is 0 Å². The van der Waals surface area contributed by atoms with E-state index in [4.69, 9.17) is 9.47 Å². The van der Waals surface area contributed by atoms with E-state index in [9.17, 15) is 4.79 Å². The van der Waals surface area contributed by atoms with Crippen LogP contribution in [0.1, 0.15) is 18.9 Å². The lowest BCUT2D eigenvalue weighted by Gasteiger charge is -2.22. The number of methoxy groups -OCH3 is 1. The van der Waals surface area contributed by atoms with E-state index >= 15 is 0 Å². The number of anilines is 2. The minimum Gasteiger partial charge on any atom is -0.497 e. The highest BCUT2D eigenvalue weighted by Gasteiger charge is 2.16. The Balaban J connectivity index is 1.58. The Morgan fingerprint density at radius 2 is 2.09 bits per heavy atom. The lowest BCUT2D eigenvalue weighted by molar-refractivity contribution is 0.0662. The Morgan fingerprint density at radius 3 is 2.87 bits per heavy atom. The average molecular weight is 316 g/mol. The van der Waals surface area contributed by atoms with Crippen LogP contribution in [0.15, 0.2) is 36.7 Å². The van der Waals surface area contributed by atoms with Crippen molar-refractivity contribution in [1.82, 2.24) is 9.78 Å². The molecular formula is C16H20N4O3. The number of hydrogen-bond donors (Lipinski definition) is 2. The number of amides is 2. The standard InChI is InChI=1S/C16H20N4O3/c1-22-15-4-2-3-12(9-15)18-16(21)19-13-10-17-20(11-13)14-5-7-23-8-6-14/h2-4,9-11,14H,5-8H2,1H3,(H2,18,19,21). The van der Waals surface area contributed by atoms with Gasteiger partial charge >= 0.3 is 6.03 Å². The number of hydrogen-bond acceptors (Lipinski definition) is 4. The van der Waals surface area contributed by atoms with Crippen LogP contribution in [0.5, 0.6) is 5.75 Å². The highest BCUT2D eigenvalue weighted by molar-refractivity contribution is 5.99. The molecule has 1 aliphatic heterocycles. The molecule has 3 rings (SSSR count). The predicted octanol–water partition coefficient (Wildman–Crippen LogP) is 2.89. The zero-order valence-electron chi connectivity index (χ0n) is 13.0. The van der Waals surface area contributed by atoms with Gasteiger partial charge in [0, 0.05) is 31.2 Å². The molecule has 2 aromatic rings. The Bertz CT molecular complexity index is 665. The second-order valence-electron chi connectivity index (χ2n) is 5.36. The summed E-state index contributed by atoms with van der Waals surface area (Å²) in [5.74, 6) is 0.690. The summed E-state index contributed by atoms with van der Waals surface area (Å²) in [6.07, 6.45) is 5.38. The molecule has 7 heteroatoms. The topological polar surface area (TPSA) is 77.4 Å². The minimum atomic E-state index is -0.315. The minimum absolute atomic E-state index is 0.315. The van der Waals surface area contributed by atoms with Gasteiger partial charge in [-0.2, -0.15) is 5.10 Å². The van der Waals surface area contributed by atoms with Gasteiger partial charge in [-0.3, -0.25) is 4.68 Å². The Hall–Kier alpha value is -2.54. The van der Waals surface area contributed by atoms with E-state index in [0.717, 1.165) is 26.1 Å². The summed E-state index contributed by atoms with van der Waals surface area (Å²) < 4.78 is 12.4. The number of rotatable bonds is 4. The van der Waals surface area contributed by atoms with Crippen molar-refractivity contribution in [3.05, 3.63) is 36.7 Å². The van der Waals surface area contributed by atoms with Crippen LogP contribution in [0.2, 0.25) is 0 Å². The summed E-state index contributed by atoms with van der Waals surface area (Å²) in [4.78, 5) is 12.0. The molecule has 0 spiro atoms. The summed E-state index contributed by atoms with van der Waals surface area (Å²) in [6.45, 7) is 1.51. The van der Waals surface area contributed by atoms with E-state index in [1.165, 1.54) is 0 Å². The molecule has 23 heavy (non-hydrogen) atoms. The normalized spacial score (nSPS) is 15.2. The molecular weight excluding hydrogens is 296 g/mol. The highest BCUT2D eigenvalue weighted by Crippen LogP contribution is 2.22. The maximum Gasteiger partial charge on any atom is 0.323 e. The lowest BCUT2D eigenvalue weighted by atomic mass is 10.1. The molecule has 0 unspecified atom stereocenters.